The number of carbonyl (C=O) groups excluding carboxylic acids is 1. The Bertz CT molecular complexity index is 924. The molecule has 5 nitrogen and oxygen atoms in total. The number of halogens is 4. The molecule has 0 aliphatic heterocycles. The number of carbonyl (C=O) groups is 1. The van der Waals surface area contributed by atoms with Crippen molar-refractivity contribution in [2.24, 2.45) is 0 Å². The molecule has 27 heavy (non-hydrogen) atoms. The second-order valence-electron chi connectivity index (χ2n) is 5.62. The zero-order chi connectivity index (χ0) is 19.4. The van der Waals surface area contributed by atoms with Gasteiger partial charge >= 0.3 is 6.18 Å². The molecule has 2 heterocycles. The molecule has 0 radical (unpaired) electrons. The number of rotatable bonds is 5. The minimum atomic E-state index is -4.76. The van der Waals surface area contributed by atoms with Gasteiger partial charge in [-0.3, -0.25) is 9.78 Å². The van der Waals surface area contributed by atoms with E-state index < -0.39 is 23.3 Å². The van der Waals surface area contributed by atoms with Gasteiger partial charge < -0.3 is 5.32 Å². The van der Waals surface area contributed by atoms with Crippen molar-refractivity contribution in [3.63, 3.8) is 0 Å². The Hall–Kier alpha value is -2.87. The molecule has 0 saturated heterocycles. The SMILES string of the molecule is O=C(NCCc1ccccn1)c1cnn(-c2ccc(Cl)cc2)c1C(F)(F)F. The molecule has 0 atom stereocenters. The van der Waals surface area contributed by atoms with Gasteiger partial charge in [0.05, 0.1) is 17.4 Å². The predicted octanol–water partition coefficient (Wildman–Crippen LogP) is 3.91. The van der Waals surface area contributed by atoms with Gasteiger partial charge in [-0.25, -0.2) is 4.68 Å². The summed E-state index contributed by atoms with van der Waals surface area (Å²) in [7, 11) is 0. The number of benzene rings is 1. The third-order valence-corrected chi connectivity index (χ3v) is 4.00. The number of alkyl halides is 3. The van der Waals surface area contributed by atoms with Crippen LogP contribution in [0.5, 0.6) is 0 Å². The summed E-state index contributed by atoms with van der Waals surface area (Å²) in [5, 5.41) is 6.61. The van der Waals surface area contributed by atoms with Crippen LogP contribution in [0.1, 0.15) is 21.7 Å². The van der Waals surface area contributed by atoms with Crippen molar-refractivity contribution in [3.8, 4) is 5.69 Å². The maximum absolute atomic E-state index is 13.6. The molecule has 3 rings (SSSR count). The van der Waals surface area contributed by atoms with E-state index in [1.165, 1.54) is 24.3 Å². The van der Waals surface area contributed by atoms with Crippen LogP contribution in [0.15, 0.2) is 54.9 Å². The molecule has 0 spiro atoms. The molecule has 0 bridgehead atoms. The molecular weight excluding hydrogens is 381 g/mol. The molecule has 0 aliphatic rings. The Morgan fingerprint density at radius 1 is 1.15 bits per heavy atom. The number of amides is 1. The van der Waals surface area contributed by atoms with Crippen molar-refractivity contribution in [2.45, 2.75) is 12.6 Å². The highest BCUT2D eigenvalue weighted by atomic mass is 35.5. The lowest BCUT2D eigenvalue weighted by Crippen LogP contribution is -2.28. The third-order valence-electron chi connectivity index (χ3n) is 3.75. The maximum Gasteiger partial charge on any atom is 0.434 e. The van der Waals surface area contributed by atoms with Gasteiger partial charge in [0, 0.05) is 29.9 Å². The number of pyridine rings is 1. The maximum atomic E-state index is 13.6. The monoisotopic (exact) mass is 394 g/mol. The van der Waals surface area contributed by atoms with Crippen molar-refractivity contribution in [1.82, 2.24) is 20.1 Å². The van der Waals surface area contributed by atoms with Crippen LogP contribution in [0.3, 0.4) is 0 Å². The molecule has 1 N–H and O–H groups in total. The van der Waals surface area contributed by atoms with E-state index in [-0.39, 0.29) is 12.2 Å². The number of hydrogen-bond donors (Lipinski definition) is 1. The zero-order valence-corrected chi connectivity index (χ0v) is 14.6. The number of nitrogens with zero attached hydrogens (tertiary/aromatic N) is 3. The van der Waals surface area contributed by atoms with E-state index in [0.29, 0.717) is 16.1 Å². The molecule has 0 aliphatic carbocycles. The first-order valence-electron chi connectivity index (χ1n) is 7.95. The van der Waals surface area contributed by atoms with Crippen LogP contribution in [0.2, 0.25) is 5.02 Å². The van der Waals surface area contributed by atoms with Gasteiger partial charge in [-0.05, 0) is 36.4 Å². The minimum Gasteiger partial charge on any atom is -0.352 e. The lowest BCUT2D eigenvalue weighted by molar-refractivity contribution is -0.143. The fourth-order valence-electron chi connectivity index (χ4n) is 2.51. The van der Waals surface area contributed by atoms with E-state index >= 15 is 0 Å². The summed E-state index contributed by atoms with van der Waals surface area (Å²) in [6, 6.07) is 11.0. The smallest absolute Gasteiger partial charge is 0.352 e. The van der Waals surface area contributed by atoms with Crippen LogP contribution < -0.4 is 5.32 Å². The molecule has 3 aromatic rings. The topological polar surface area (TPSA) is 59.8 Å². The van der Waals surface area contributed by atoms with Crippen molar-refractivity contribution < 1.29 is 18.0 Å². The normalized spacial score (nSPS) is 11.4. The molecule has 1 amide bonds. The summed E-state index contributed by atoms with van der Waals surface area (Å²) in [5.41, 5.74) is -0.802. The van der Waals surface area contributed by atoms with Gasteiger partial charge in [0.1, 0.15) is 0 Å². The largest absolute Gasteiger partial charge is 0.434 e. The van der Waals surface area contributed by atoms with Gasteiger partial charge in [0.25, 0.3) is 5.91 Å². The molecule has 9 heteroatoms. The van der Waals surface area contributed by atoms with Crippen LogP contribution in [0, 0.1) is 0 Å². The Kier molecular flexibility index (Phi) is 5.46. The van der Waals surface area contributed by atoms with Gasteiger partial charge in [-0.1, -0.05) is 17.7 Å². The van der Waals surface area contributed by atoms with Crippen molar-refractivity contribution >= 4 is 17.5 Å². The average Bonchev–Trinajstić information content (AvgIpc) is 3.09. The lowest BCUT2D eigenvalue weighted by atomic mass is 10.2. The first-order chi connectivity index (χ1) is 12.9. The fraction of sp³-hybridized carbons (Fsp3) is 0.167. The number of aromatic nitrogens is 3. The molecule has 2 aromatic heterocycles. The van der Waals surface area contributed by atoms with E-state index in [1.807, 2.05) is 0 Å². The number of nitrogens with one attached hydrogen (secondary N) is 1. The third kappa shape index (κ3) is 4.46. The number of hydrogen-bond acceptors (Lipinski definition) is 3. The molecule has 140 valence electrons. The summed E-state index contributed by atoms with van der Waals surface area (Å²) < 4.78 is 41.4. The van der Waals surface area contributed by atoms with E-state index in [4.69, 9.17) is 11.6 Å². The van der Waals surface area contributed by atoms with Crippen LogP contribution in [0.25, 0.3) is 5.69 Å². The Morgan fingerprint density at radius 2 is 1.89 bits per heavy atom. The first kappa shape index (κ1) is 18.9. The molecule has 1 aromatic carbocycles. The van der Waals surface area contributed by atoms with Crippen LogP contribution >= 0.6 is 11.6 Å². The first-order valence-corrected chi connectivity index (χ1v) is 8.33. The second-order valence-corrected chi connectivity index (χ2v) is 6.06. The molecule has 0 saturated carbocycles. The molecule has 0 unspecified atom stereocenters. The lowest BCUT2D eigenvalue weighted by Gasteiger charge is -2.13. The van der Waals surface area contributed by atoms with E-state index in [2.05, 4.69) is 15.4 Å². The summed E-state index contributed by atoms with van der Waals surface area (Å²) in [5.74, 6) is -0.849. The van der Waals surface area contributed by atoms with E-state index in [0.717, 1.165) is 11.9 Å². The standard InChI is InChI=1S/C18H14ClF3N4O/c19-12-4-6-14(7-5-12)26-16(18(20,21)22)15(11-25-26)17(27)24-10-8-13-3-1-2-9-23-13/h1-7,9,11H,8,10H2,(H,24,27). The Balaban J connectivity index is 1.82. The summed E-state index contributed by atoms with van der Waals surface area (Å²) >= 11 is 5.77. The second kappa shape index (κ2) is 7.79. The molecular formula is C18H14ClF3N4O. The summed E-state index contributed by atoms with van der Waals surface area (Å²) in [6.07, 6.45) is -1.84. The molecule has 0 fully saturated rings. The van der Waals surface area contributed by atoms with Crippen molar-refractivity contribution in [1.29, 1.82) is 0 Å². The van der Waals surface area contributed by atoms with E-state index in [9.17, 15) is 18.0 Å². The highest BCUT2D eigenvalue weighted by Crippen LogP contribution is 2.33. The zero-order valence-electron chi connectivity index (χ0n) is 13.9. The summed E-state index contributed by atoms with van der Waals surface area (Å²) in [6.45, 7) is 0.152. The van der Waals surface area contributed by atoms with Gasteiger partial charge in [-0.2, -0.15) is 18.3 Å². The predicted molar refractivity (Wildman–Crippen MR) is 93.9 cm³/mol. The van der Waals surface area contributed by atoms with Gasteiger partial charge in [0.2, 0.25) is 0 Å². The summed E-state index contributed by atoms with van der Waals surface area (Å²) in [4.78, 5) is 16.4. The van der Waals surface area contributed by atoms with Crippen LogP contribution in [-0.4, -0.2) is 27.2 Å². The Morgan fingerprint density at radius 3 is 2.52 bits per heavy atom. The van der Waals surface area contributed by atoms with Crippen LogP contribution in [-0.2, 0) is 12.6 Å². The average molecular weight is 395 g/mol. The highest BCUT2D eigenvalue weighted by molar-refractivity contribution is 6.30. The quantitative estimate of drug-likeness (QED) is 0.713. The highest BCUT2D eigenvalue weighted by Gasteiger charge is 2.40. The van der Waals surface area contributed by atoms with Crippen molar-refractivity contribution in [3.05, 3.63) is 76.8 Å². The van der Waals surface area contributed by atoms with Crippen molar-refractivity contribution in [2.75, 3.05) is 6.54 Å². The van der Waals surface area contributed by atoms with Gasteiger partial charge in [-0.15, -0.1) is 0 Å². The Labute approximate surface area is 157 Å². The van der Waals surface area contributed by atoms with Gasteiger partial charge in [0.15, 0.2) is 5.69 Å². The minimum absolute atomic E-state index is 0.152. The van der Waals surface area contributed by atoms with E-state index in [1.54, 1.807) is 24.4 Å². The fourth-order valence-corrected chi connectivity index (χ4v) is 2.64. The van der Waals surface area contributed by atoms with Crippen LogP contribution in [0.4, 0.5) is 13.2 Å².